The summed E-state index contributed by atoms with van der Waals surface area (Å²) in [5, 5.41) is 3.10. The number of carbonyl (C=O) groups is 1. The fourth-order valence-electron chi connectivity index (χ4n) is 4.86. The zero-order valence-electron chi connectivity index (χ0n) is 18.6. The van der Waals surface area contributed by atoms with Crippen LogP contribution in [0, 0.1) is 5.92 Å². The lowest BCUT2D eigenvalue weighted by Crippen LogP contribution is -2.43. The highest BCUT2D eigenvalue weighted by molar-refractivity contribution is 5.85. The van der Waals surface area contributed by atoms with E-state index in [0.29, 0.717) is 13.1 Å². The number of methoxy groups -OCH3 is 1. The van der Waals surface area contributed by atoms with E-state index in [1.54, 1.807) is 13.4 Å². The van der Waals surface area contributed by atoms with E-state index in [0.717, 1.165) is 72.9 Å². The topological polar surface area (TPSA) is 85.2 Å². The molecule has 1 saturated heterocycles. The Bertz CT molecular complexity index is 1110. The molecule has 0 saturated carbocycles. The molecule has 5 rings (SSSR count). The second kappa shape index (κ2) is 9.14. The summed E-state index contributed by atoms with van der Waals surface area (Å²) >= 11 is 0. The Morgan fingerprint density at radius 3 is 3.03 bits per heavy atom. The van der Waals surface area contributed by atoms with Crippen molar-refractivity contribution in [3.05, 3.63) is 42.0 Å². The third-order valence-corrected chi connectivity index (χ3v) is 6.57. The van der Waals surface area contributed by atoms with E-state index in [4.69, 9.17) is 9.72 Å². The number of hydrogen-bond donors (Lipinski definition) is 1. The predicted octanol–water partition coefficient (Wildman–Crippen LogP) is 3.09. The van der Waals surface area contributed by atoms with Gasteiger partial charge in [-0.25, -0.2) is 15.0 Å². The van der Waals surface area contributed by atoms with Gasteiger partial charge in [0.25, 0.3) is 0 Å². The molecule has 0 aliphatic carbocycles. The molecule has 2 aliphatic rings. The standard InChI is InChI=1S/C24H30N6O2/c1-32-19-9-5-7-17(13-19)14-25-24(31)18-8-6-11-29(15-18)22-21-23(27-16-26-22)30-12-4-2-3-10-20(30)28-21/h5,7,9,13,16,18H,2-4,6,8,10-12,14-15H2,1H3,(H,25,31)/t18-/m0/s1. The first-order valence-corrected chi connectivity index (χ1v) is 11.6. The third-order valence-electron chi connectivity index (χ3n) is 6.57. The summed E-state index contributed by atoms with van der Waals surface area (Å²) in [5.41, 5.74) is 2.83. The van der Waals surface area contributed by atoms with Crippen molar-refractivity contribution in [1.29, 1.82) is 0 Å². The van der Waals surface area contributed by atoms with E-state index in [1.165, 1.54) is 12.8 Å². The first-order chi connectivity index (χ1) is 15.7. The minimum Gasteiger partial charge on any atom is -0.497 e. The molecule has 168 valence electrons. The third kappa shape index (κ3) is 4.13. The van der Waals surface area contributed by atoms with Crippen molar-refractivity contribution in [3.8, 4) is 5.75 Å². The van der Waals surface area contributed by atoms with Crippen LogP contribution in [0.25, 0.3) is 11.2 Å². The van der Waals surface area contributed by atoms with Gasteiger partial charge in [0, 0.05) is 32.6 Å². The lowest BCUT2D eigenvalue weighted by Gasteiger charge is -2.32. The van der Waals surface area contributed by atoms with E-state index >= 15 is 0 Å². The maximum atomic E-state index is 12.9. The van der Waals surface area contributed by atoms with Gasteiger partial charge in [0.2, 0.25) is 5.91 Å². The monoisotopic (exact) mass is 434 g/mol. The number of imidazole rings is 1. The molecule has 0 radical (unpaired) electrons. The van der Waals surface area contributed by atoms with Crippen molar-refractivity contribution in [2.75, 3.05) is 25.1 Å². The van der Waals surface area contributed by atoms with Crippen molar-refractivity contribution in [2.45, 2.75) is 51.6 Å². The summed E-state index contributed by atoms with van der Waals surface area (Å²) in [6, 6.07) is 7.79. The van der Waals surface area contributed by atoms with Gasteiger partial charge in [-0.2, -0.15) is 0 Å². The molecular weight excluding hydrogens is 404 g/mol. The molecule has 8 heteroatoms. The Labute approximate surface area is 188 Å². The predicted molar refractivity (Wildman–Crippen MR) is 123 cm³/mol. The van der Waals surface area contributed by atoms with Gasteiger partial charge in [-0.15, -0.1) is 0 Å². The van der Waals surface area contributed by atoms with Crippen molar-refractivity contribution >= 4 is 22.9 Å². The van der Waals surface area contributed by atoms with Gasteiger partial charge in [0.15, 0.2) is 17.0 Å². The summed E-state index contributed by atoms with van der Waals surface area (Å²) in [4.78, 5) is 29.2. The zero-order valence-corrected chi connectivity index (χ0v) is 18.6. The molecule has 1 N–H and O–H groups in total. The van der Waals surface area contributed by atoms with Crippen LogP contribution < -0.4 is 15.0 Å². The number of nitrogens with one attached hydrogen (secondary N) is 1. The van der Waals surface area contributed by atoms with Gasteiger partial charge in [-0.3, -0.25) is 4.79 Å². The average Bonchev–Trinajstić information content (AvgIpc) is 3.03. The summed E-state index contributed by atoms with van der Waals surface area (Å²) < 4.78 is 7.53. The van der Waals surface area contributed by atoms with Crippen LogP contribution in [0.2, 0.25) is 0 Å². The minimum atomic E-state index is -0.0696. The molecule has 4 heterocycles. The number of piperidine rings is 1. The molecule has 1 atom stereocenters. The van der Waals surface area contributed by atoms with Crippen molar-refractivity contribution in [2.24, 2.45) is 5.92 Å². The number of aromatic nitrogens is 4. The number of fused-ring (bicyclic) bond motifs is 3. The van der Waals surface area contributed by atoms with Crippen molar-refractivity contribution in [3.63, 3.8) is 0 Å². The highest BCUT2D eigenvalue weighted by atomic mass is 16.5. The Kier molecular flexibility index (Phi) is 5.92. The molecule has 1 fully saturated rings. The molecule has 2 aliphatic heterocycles. The number of nitrogens with zero attached hydrogens (tertiary/aromatic N) is 5. The van der Waals surface area contributed by atoms with E-state index in [2.05, 4.69) is 24.8 Å². The Morgan fingerprint density at radius 2 is 2.12 bits per heavy atom. The number of benzene rings is 1. The molecular formula is C24H30N6O2. The van der Waals surface area contributed by atoms with Crippen LogP contribution in [0.15, 0.2) is 30.6 Å². The second-order valence-corrected chi connectivity index (χ2v) is 8.71. The maximum Gasteiger partial charge on any atom is 0.225 e. The summed E-state index contributed by atoms with van der Waals surface area (Å²) in [6.07, 6.45) is 8.05. The number of amides is 1. The van der Waals surface area contributed by atoms with Crippen molar-refractivity contribution < 1.29 is 9.53 Å². The van der Waals surface area contributed by atoms with Crippen LogP contribution >= 0.6 is 0 Å². The molecule has 0 unspecified atom stereocenters. The zero-order chi connectivity index (χ0) is 21.9. The number of carbonyl (C=O) groups excluding carboxylic acids is 1. The largest absolute Gasteiger partial charge is 0.497 e. The maximum absolute atomic E-state index is 12.9. The molecule has 2 aromatic heterocycles. The number of ether oxygens (including phenoxy) is 1. The second-order valence-electron chi connectivity index (χ2n) is 8.71. The molecule has 0 bridgehead atoms. The SMILES string of the molecule is COc1cccc(CNC(=O)[C@H]2CCCN(c3ncnc4c3nc3n4CCCCC3)C2)c1. The summed E-state index contributed by atoms with van der Waals surface area (Å²) in [5.74, 6) is 2.79. The molecule has 1 amide bonds. The van der Waals surface area contributed by atoms with Crippen LogP contribution in [0.3, 0.4) is 0 Å². The number of anilines is 1. The van der Waals surface area contributed by atoms with Gasteiger partial charge >= 0.3 is 0 Å². The quantitative estimate of drug-likeness (QED) is 0.664. The van der Waals surface area contributed by atoms with Crippen LogP contribution in [0.5, 0.6) is 5.75 Å². The number of aryl methyl sites for hydroxylation is 2. The minimum absolute atomic E-state index is 0.0696. The van der Waals surface area contributed by atoms with Crippen LogP contribution in [0.1, 0.15) is 43.5 Å². The first kappa shape index (κ1) is 20.7. The van der Waals surface area contributed by atoms with Gasteiger partial charge in [-0.05, 0) is 43.4 Å². The molecule has 8 nitrogen and oxygen atoms in total. The van der Waals surface area contributed by atoms with E-state index in [9.17, 15) is 4.79 Å². The summed E-state index contributed by atoms with van der Waals surface area (Å²) in [7, 11) is 1.65. The molecule has 0 spiro atoms. The molecule has 3 aromatic rings. The van der Waals surface area contributed by atoms with E-state index in [1.807, 2.05) is 24.3 Å². The van der Waals surface area contributed by atoms with Gasteiger partial charge in [0.05, 0.1) is 13.0 Å². The lowest BCUT2D eigenvalue weighted by atomic mass is 9.97. The average molecular weight is 435 g/mol. The highest BCUT2D eigenvalue weighted by Crippen LogP contribution is 2.29. The Hall–Kier alpha value is -3.16. The first-order valence-electron chi connectivity index (χ1n) is 11.6. The van der Waals surface area contributed by atoms with Gasteiger partial charge < -0.3 is 19.5 Å². The highest BCUT2D eigenvalue weighted by Gasteiger charge is 2.29. The Balaban J connectivity index is 1.30. The van der Waals surface area contributed by atoms with Crippen LogP contribution in [-0.2, 0) is 24.3 Å². The molecule has 32 heavy (non-hydrogen) atoms. The fourth-order valence-corrected chi connectivity index (χ4v) is 4.86. The van der Waals surface area contributed by atoms with Crippen molar-refractivity contribution in [1.82, 2.24) is 24.8 Å². The fraction of sp³-hybridized carbons (Fsp3) is 0.500. The number of rotatable bonds is 5. The molecule has 1 aromatic carbocycles. The normalized spacial score (nSPS) is 18.8. The van der Waals surface area contributed by atoms with Crippen LogP contribution in [-0.4, -0.2) is 45.6 Å². The van der Waals surface area contributed by atoms with E-state index < -0.39 is 0 Å². The van der Waals surface area contributed by atoms with Gasteiger partial charge in [0.1, 0.15) is 17.9 Å². The lowest BCUT2D eigenvalue weighted by molar-refractivity contribution is -0.125. The summed E-state index contributed by atoms with van der Waals surface area (Å²) in [6.45, 7) is 3.00. The smallest absolute Gasteiger partial charge is 0.225 e. The van der Waals surface area contributed by atoms with Crippen LogP contribution in [0.4, 0.5) is 5.82 Å². The van der Waals surface area contributed by atoms with E-state index in [-0.39, 0.29) is 11.8 Å². The Morgan fingerprint density at radius 1 is 1.19 bits per heavy atom. The number of hydrogen-bond acceptors (Lipinski definition) is 6. The van der Waals surface area contributed by atoms with Gasteiger partial charge in [-0.1, -0.05) is 18.6 Å².